The van der Waals surface area contributed by atoms with E-state index in [1.54, 1.807) is 14.2 Å². The third-order valence-electron chi connectivity index (χ3n) is 4.82. The van der Waals surface area contributed by atoms with Crippen molar-refractivity contribution in [2.45, 2.75) is 26.8 Å². The number of benzene rings is 2. The number of nitrogens with one attached hydrogen (secondary N) is 2. The van der Waals surface area contributed by atoms with Crippen LogP contribution in [-0.4, -0.2) is 57.7 Å². The van der Waals surface area contributed by atoms with Crippen LogP contribution in [0.1, 0.15) is 35.3 Å². The smallest absolute Gasteiger partial charge is 0.251 e. The molecule has 0 bridgehead atoms. The molecule has 0 radical (unpaired) electrons. The molecule has 1 amide bonds. The van der Waals surface area contributed by atoms with Crippen molar-refractivity contribution in [3.05, 3.63) is 59.2 Å². The minimum atomic E-state index is -0.0627. The molecule has 0 fully saturated rings. The first-order valence-corrected chi connectivity index (χ1v) is 10.6. The number of ether oxygens (including phenoxy) is 2. The van der Waals surface area contributed by atoms with Crippen LogP contribution in [0.5, 0.6) is 11.5 Å². The van der Waals surface area contributed by atoms with Crippen LogP contribution < -0.4 is 20.1 Å². The van der Waals surface area contributed by atoms with Crippen LogP contribution in [0.2, 0.25) is 0 Å². The van der Waals surface area contributed by atoms with Gasteiger partial charge in [-0.25, -0.2) is 4.99 Å². The number of nitrogens with zero attached hydrogens (tertiary/aromatic N) is 2. The molecular formula is C24H35IN4O3. The maximum absolute atomic E-state index is 12.1. The van der Waals surface area contributed by atoms with Crippen molar-refractivity contribution in [3.63, 3.8) is 0 Å². The molecule has 176 valence electrons. The first kappa shape index (κ1) is 27.5. The molecule has 2 aromatic carbocycles. The second-order valence-corrected chi connectivity index (χ2v) is 7.09. The zero-order chi connectivity index (χ0) is 22.6. The summed E-state index contributed by atoms with van der Waals surface area (Å²) >= 11 is 0. The van der Waals surface area contributed by atoms with Gasteiger partial charge in [0.1, 0.15) is 0 Å². The Hall–Kier alpha value is -2.49. The standard InChI is InChI=1S/C24H34N4O3.HI/c1-6-25-23(29)20-10-8-9-19(15-20)17-27-24(26-7-2)28(3)14-13-18-11-12-21(30-4)22(16-18)31-5;/h8-12,15-16H,6-7,13-14,17H2,1-5H3,(H,25,29)(H,26,27);1H. The van der Waals surface area contributed by atoms with E-state index in [0.29, 0.717) is 18.7 Å². The van der Waals surface area contributed by atoms with E-state index in [2.05, 4.69) is 15.5 Å². The van der Waals surface area contributed by atoms with E-state index in [1.807, 2.05) is 63.4 Å². The Balaban J connectivity index is 0.00000512. The number of guanidine groups is 1. The maximum Gasteiger partial charge on any atom is 0.251 e. The lowest BCUT2D eigenvalue weighted by molar-refractivity contribution is 0.0955. The number of likely N-dealkylation sites (N-methyl/N-ethyl adjacent to an activating group) is 1. The highest BCUT2D eigenvalue weighted by Gasteiger charge is 2.09. The van der Waals surface area contributed by atoms with Crippen molar-refractivity contribution in [2.24, 2.45) is 4.99 Å². The summed E-state index contributed by atoms with van der Waals surface area (Å²) in [5.41, 5.74) is 2.81. The fourth-order valence-corrected chi connectivity index (χ4v) is 3.15. The molecule has 0 aliphatic rings. The van der Waals surface area contributed by atoms with Gasteiger partial charge in [0.05, 0.1) is 20.8 Å². The van der Waals surface area contributed by atoms with E-state index in [4.69, 9.17) is 14.5 Å². The molecule has 0 aliphatic heterocycles. The van der Waals surface area contributed by atoms with E-state index >= 15 is 0 Å². The third kappa shape index (κ3) is 8.22. The summed E-state index contributed by atoms with van der Waals surface area (Å²) in [5.74, 6) is 2.22. The van der Waals surface area contributed by atoms with Crippen LogP contribution in [0.4, 0.5) is 0 Å². The predicted molar refractivity (Wildman–Crippen MR) is 141 cm³/mol. The van der Waals surface area contributed by atoms with Gasteiger partial charge in [0, 0.05) is 32.2 Å². The zero-order valence-corrected chi connectivity index (χ0v) is 21.9. The van der Waals surface area contributed by atoms with Crippen molar-refractivity contribution in [1.82, 2.24) is 15.5 Å². The second kappa shape index (κ2) is 14.5. The highest BCUT2D eigenvalue weighted by molar-refractivity contribution is 14.0. The third-order valence-corrected chi connectivity index (χ3v) is 4.82. The first-order chi connectivity index (χ1) is 15.0. The number of hydrogen-bond donors (Lipinski definition) is 2. The predicted octanol–water partition coefficient (Wildman–Crippen LogP) is 3.71. The second-order valence-electron chi connectivity index (χ2n) is 7.09. The van der Waals surface area contributed by atoms with Crippen LogP contribution in [0.25, 0.3) is 0 Å². The molecule has 7 nitrogen and oxygen atoms in total. The van der Waals surface area contributed by atoms with Crippen LogP contribution >= 0.6 is 24.0 Å². The van der Waals surface area contributed by atoms with E-state index in [9.17, 15) is 4.79 Å². The normalized spacial score (nSPS) is 10.7. The van der Waals surface area contributed by atoms with Crippen molar-refractivity contribution in [2.75, 3.05) is 40.9 Å². The van der Waals surface area contributed by atoms with Crippen LogP contribution in [0.15, 0.2) is 47.5 Å². The molecule has 2 rings (SSSR count). The molecule has 0 atom stereocenters. The van der Waals surface area contributed by atoms with Crippen molar-refractivity contribution in [3.8, 4) is 11.5 Å². The molecule has 0 saturated heterocycles. The summed E-state index contributed by atoms with van der Waals surface area (Å²) in [6.07, 6.45) is 0.841. The molecule has 0 saturated carbocycles. The lowest BCUT2D eigenvalue weighted by Gasteiger charge is -2.22. The Bertz CT molecular complexity index is 889. The Kier molecular flexibility index (Phi) is 12.5. The monoisotopic (exact) mass is 554 g/mol. The molecule has 0 heterocycles. The van der Waals surface area contributed by atoms with Gasteiger partial charge in [-0.3, -0.25) is 4.79 Å². The molecule has 2 N–H and O–H groups in total. The Morgan fingerprint density at radius 1 is 0.969 bits per heavy atom. The summed E-state index contributed by atoms with van der Waals surface area (Å²) in [6, 6.07) is 13.6. The van der Waals surface area contributed by atoms with Gasteiger partial charge in [-0.1, -0.05) is 18.2 Å². The minimum Gasteiger partial charge on any atom is -0.493 e. The number of amides is 1. The highest BCUT2D eigenvalue weighted by Crippen LogP contribution is 2.27. The molecule has 2 aromatic rings. The SMILES string of the molecule is CCNC(=O)c1cccc(CN=C(NCC)N(C)CCc2ccc(OC)c(OC)c2)c1.I. The number of aliphatic imine (C=N–C) groups is 1. The molecule has 8 heteroatoms. The Morgan fingerprint density at radius 3 is 2.34 bits per heavy atom. The zero-order valence-electron chi connectivity index (χ0n) is 19.6. The van der Waals surface area contributed by atoms with Crippen LogP contribution in [0.3, 0.4) is 0 Å². The Morgan fingerprint density at radius 2 is 1.69 bits per heavy atom. The molecule has 32 heavy (non-hydrogen) atoms. The van der Waals surface area contributed by atoms with E-state index in [1.165, 1.54) is 0 Å². The van der Waals surface area contributed by atoms with Crippen molar-refractivity contribution >= 4 is 35.8 Å². The van der Waals surface area contributed by atoms with Gasteiger partial charge in [-0.05, 0) is 55.7 Å². The maximum atomic E-state index is 12.1. The highest BCUT2D eigenvalue weighted by atomic mass is 127. The topological polar surface area (TPSA) is 75.2 Å². The van der Waals surface area contributed by atoms with Gasteiger partial charge >= 0.3 is 0 Å². The fourth-order valence-electron chi connectivity index (χ4n) is 3.15. The van der Waals surface area contributed by atoms with E-state index < -0.39 is 0 Å². The largest absolute Gasteiger partial charge is 0.493 e. The Labute approximate surface area is 208 Å². The van der Waals surface area contributed by atoms with Gasteiger partial charge in [-0.2, -0.15) is 0 Å². The van der Waals surface area contributed by atoms with Crippen LogP contribution in [0, 0.1) is 0 Å². The van der Waals surface area contributed by atoms with Gasteiger partial charge in [-0.15, -0.1) is 24.0 Å². The number of carbonyl (C=O) groups excluding carboxylic acids is 1. The number of methoxy groups -OCH3 is 2. The minimum absolute atomic E-state index is 0. The van der Waals surface area contributed by atoms with Gasteiger partial charge < -0.3 is 25.0 Å². The summed E-state index contributed by atoms with van der Waals surface area (Å²) in [7, 11) is 5.30. The van der Waals surface area contributed by atoms with E-state index in [0.717, 1.165) is 48.1 Å². The quantitative estimate of drug-likeness (QED) is 0.266. The number of hydrogen-bond acceptors (Lipinski definition) is 4. The molecular weight excluding hydrogens is 519 g/mol. The lowest BCUT2D eigenvalue weighted by atomic mass is 10.1. The average Bonchev–Trinajstić information content (AvgIpc) is 2.80. The summed E-state index contributed by atoms with van der Waals surface area (Å²) < 4.78 is 10.7. The van der Waals surface area contributed by atoms with Crippen LogP contribution in [-0.2, 0) is 13.0 Å². The lowest BCUT2D eigenvalue weighted by Crippen LogP contribution is -2.39. The van der Waals surface area contributed by atoms with Crippen molar-refractivity contribution < 1.29 is 14.3 Å². The summed E-state index contributed by atoms with van der Waals surface area (Å²) in [6.45, 7) is 6.63. The molecule has 0 aromatic heterocycles. The number of rotatable bonds is 10. The first-order valence-electron chi connectivity index (χ1n) is 10.6. The summed E-state index contributed by atoms with van der Waals surface area (Å²) in [5, 5.41) is 6.17. The van der Waals surface area contributed by atoms with Gasteiger partial charge in [0.25, 0.3) is 5.91 Å². The van der Waals surface area contributed by atoms with Crippen molar-refractivity contribution in [1.29, 1.82) is 0 Å². The summed E-state index contributed by atoms with van der Waals surface area (Å²) in [4.78, 5) is 18.9. The van der Waals surface area contributed by atoms with Gasteiger partial charge in [0.15, 0.2) is 17.5 Å². The number of halogens is 1. The molecule has 0 spiro atoms. The molecule has 0 unspecified atom stereocenters. The fraction of sp³-hybridized carbons (Fsp3) is 0.417. The number of carbonyl (C=O) groups is 1. The van der Waals surface area contributed by atoms with E-state index in [-0.39, 0.29) is 29.9 Å². The molecule has 0 aliphatic carbocycles. The van der Waals surface area contributed by atoms with Gasteiger partial charge in [0.2, 0.25) is 0 Å². The average molecular weight is 554 g/mol.